The van der Waals surface area contributed by atoms with Gasteiger partial charge in [-0.15, -0.1) is 0 Å². The summed E-state index contributed by atoms with van der Waals surface area (Å²) < 4.78 is 10.9. The van der Waals surface area contributed by atoms with E-state index in [1.807, 2.05) is 29.2 Å². The summed E-state index contributed by atoms with van der Waals surface area (Å²) >= 11 is 0. The molecule has 0 aromatic heterocycles. The molecule has 1 unspecified atom stereocenters. The predicted molar refractivity (Wildman–Crippen MR) is 90.5 cm³/mol. The predicted octanol–water partition coefficient (Wildman–Crippen LogP) is 2.18. The fourth-order valence-corrected chi connectivity index (χ4v) is 4.01. The van der Waals surface area contributed by atoms with Gasteiger partial charge in [-0.2, -0.15) is 0 Å². The van der Waals surface area contributed by atoms with Crippen molar-refractivity contribution in [2.45, 2.75) is 19.3 Å². The number of likely N-dealkylation sites (tertiary alicyclic amines) is 1. The van der Waals surface area contributed by atoms with Crippen molar-refractivity contribution < 1.29 is 24.2 Å². The van der Waals surface area contributed by atoms with Gasteiger partial charge in [0.15, 0.2) is 0 Å². The third-order valence-corrected chi connectivity index (χ3v) is 5.74. The average Bonchev–Trinajstić information content (AvgIpc) is 3.34. The molecule has 2 fully saturated rings. The third-order valence-electron chi connectivity index (χ3n) is 5.74. The zero-order chi connectivity index (χ0) is 17.6. The van der Waals surface area contributed by atoms with Crippen LogP contribution in [0.15, 0.2) is 23.8 Å². The van der Waals surface area contributed by atoms with Crippen molar-refractivity contribution in [1.82, 2.24) is 4.90 Å². The molecule has 3 aliphatic rings. The van der Waals surface area contributed by atoms with Gasteiger partial charge in [-0.05, 0) is 49.0 Å². The third kappa shape index (κ3) is 2.75. The first-order valence-electron chi connectivity index (χ1n) is 8.56. The van der Waals surface area contributed by atoms with E-state index in [0.29, 0.717) is 18.7 Å². The van der Waals surface area contributed by atoms with E-state index >= 15 is 0 Å². The molecule has 1 saturated heterocycles. The Morgan fingerprint density at radius 1 is 1.32 bits per heavy atom. The van der Waals surface area contributed by atoms with E-state index in [1.54, 1.807) is 7.11 Å². The number of carbonyl (C=O) groups is 2. The highest BCUT2D eigenvalue weighted by Crippen LogP contribution is 2.59. The van der Waals surface area contributed by atoms with Gasteiger partial charge in [-0.1, -0.05) is 0 Å². The van der Waals surface area contributed by atoms with Crippen molar-refractivity contribution in [3.63, 3.8) is 0 Å². The van der Waals surface area contributed by atoms with E-state index in [2.05, 4.69) is 0 Å². The SMILES string of the molecule is COc1ccc2c(c1)C=C(C(=O)N1CCC3(CC1)CC3C(=O)O)CO2. The van der Waals surface area contributed by atoms with Crippen LogP contribution >= 0.6 is 0 Å². The Balaban J connectivity index is 1.45. The summed E-state index contributed by atoms with van der Waals surface area (Å²) in [4.78, 5) is 25.8. The number of carboxylic acids is 1. The number of aliphatic carboxylic acids is 1. The maximum Gasteiger partial charge on any atom is 0.307 e. The van der Waals surface area contributed by atoms with Gasteiger partial charge in [-0.25, -0.2) is 0 Å². The van der Waals surface area contributed by atoms with Crippen LogP contribution in [0.2, 0.25) is 0 Å². The standard InChI is InChI=1S/C19H21NO5/c1-24-14-2-3-16-12(9-14)8-13(11-25-16)17(21)20-6-4-19(5-7-20)10-15(19)18(22)23/h2-3,8-9,15H,4-7,10-11H2,1H3,(H,22,23). The highest BCUT2D eigenvalue weighted by atomic mass is 16.5. The van der Waals surface area contributed by atoms with Gasteiger partial charge in [0.25, 0.3) is 5.91 Å². The van der Waals surface area contributed by atoms with Gasteiger partial charge in [0, 0.05) is 18.7 Å². The summed E-state index contributed by atoms with van der Waals surface area (Å²) in [6, 6.07) is 5.53. The number of hydrogen-bond donors (Lipinski definition) is 1. The van der Waals surface area contributed by atoms with E-state index in [4.69, 9.17) is 14.6 Å². The molecule has 1 aromatic carbocycles. The van der Waals surface area contributed by atoms with Crippen LogP contribution in [0, 0.1) is 11.3 Å². The molecule has 0 radical (unpaired) electrons. The van der Waals surface area contributed by atoms with Gasteiger partial charge >= 0.3 is 5.97 Å². The summed E-state index contributed by atoms with van der Waals surface area (Å²) in [6.45, 7) is 1.49. The molecule has 1 spiro atoms. The van der Waals surface area contributed by atoms with Crippen LogP contribution in [-0.2, 0) is 9.59 Å². The lowest BCUT2D eigenvalue weighted by atomic mass is 9.90. The molecule has 0 bridgehead atoms. The Morgan fingerprint density at radius 3 is 2.72 bits per heavy atom. The maximum absolute atomic E-state index is 12.8. The molecule has 1 aromatic rings. The molecule has 1 amide bonds. The van der Waals surface area contributed by atoms with Gasteiger partial charge in [0.1, 0.15) is 18.1 Å². The highest BCUT2D eigenvalue weighted by molar-refractivity contribution is 5.99. The highest BCUT2D eigenvalue weighted by Gasteiger charge is 2.59. The summed E-state index contributed by atoms with van der Waals surface area (Å²) in [7, 11) is 1.60. The van der Waals surface area contributed by atoms with Crippen molar-refractivity contribution in [3.8, 4) is 11.5 Å². The number of carbonyl (C=O) groups excluding carboxylic acids is 1. The Hall–Kier alpha value is -2.50. The number of benzene rings is 1. The molecule has 25 heavy (non-hydrogen) atoms. The van der Waals surface area contributed by atoms with E-state index in [9.17, 15) is 9.59 Å². The van der Waals surface area contributed by atoms with Gasteiger partial charge < -0.3 is 19.5 Å². The van der Waals surface area contributed by atoms with Crippen LogP contribution in [0.4, 0.5) is 0 Å². The number of amides is 1. The van der Waals surface area contributed by atoms with E-state index in [0.717, 1.165) is 36.3 Å². The second kappa shape index (κ2) is 5.79. The first kappa shape index (κ1) is 16.0. The smallest absolute Gasteiger partial charge is 0.307 e. The van der Waals surface area contributed by atoms with Crippen LogP contribution in [-0.4, -0.2) is 48.7 Å². The fraction of sp³-hybridized carbons (Fsp3) is 0.474. The van der Waals surface area contributed by atoms with Crippen molar-refractivity contribution in [2.75, 3.05) is 26.8 Å². The van der Waals surface area contributed by atoms with Crippen molar-refractivity contribution in [1.29, 1.82) is 0 Å². The number of fused-ring (bicyclic) bond motifs is 1. The Morgan fingerprint density at radius 2 is 2.08 bits per heavy atom. The molecular weight excluding hydrogens is 322 g/mol. The van der Waals surface area contributed by atoms with E-state index in [-0.39, 0.29) is 23.8 Å². The number of ether oxygens (including phenoxy) is 2. The second-order valence-electron chi connectivity index (χ2n) is 7.11. The summed E-state index contributed by atoms with van der Waals surface area (Å²) in [5.74, 6) is 0.531. The number of methoxy groups -OCH3 is 1. The molecule has 1 atom stereocenters. The first-order chi connectivity index (χ1) is 12.0. The maximum atomic E-state index is 12.8. The lowest BCUT2D eigenvalue weighted by Crippen LogP contribution is -2.41. The number of piperidine rings is 1. The van der Waals surface area contributed by atoms with Crippen LogP contribution in [0.25, 0.3) is 6.08 Å². The second-order valence-corrected chi connectivity index (χ2v) is 7.11. The minimum atomic E-state index is -0.700. The molecule has 2 heterocycles. The topological polar surface area (TPSA) is 76.1 Å². The minimum absolute atomic E-state index is 0.0177. The lowest BCUT2D eigenvalue weighted by Gasteiger charge is -2.33. The zero-order valence-corrected chi connectivity index (χ0v) is 14.2. The average molecular weight is 343 g/mol. The molecule has 132 valence electrons. The molecule has 1 saturated carbocycles. The van der Waals surface area contributed by atoms with Crippen molar-refractivity contribution >= 4 is 18.0 Å². The van der Waals surface area contributed by atoms with E-state index < -0.39 is 5.97 Å². The molecule has 1 aliphatic carbocycles. The minimum Gasteiger partial charge on any atom is -0.497 e. The first-order valence-corrected chi connectivity index (χ1v) is 8.56. The Bertz CT molecular complexity index is 761. The van der Waals surface area contributed by atoms with Crippen LogP contribution in [0.1, 0.15) is 24.8 Å². The quantitative estimate of drug-likeness (QED) is 0.910. The summed E-state index contributed by atoms with van der Waals surface area (Å²) in [5, 5.41) is 9.17. The number of hydrogen-bond acceptors (Lipinski definition) is 4. The van der Waals surface area contributed by atoms with Gasteiger partial charge in [-0.3, -0.25) is 9.59 Å². The van der Waals surface area contributed by atoms with E-state index in [1.165, 1.54) is 0 Å². The molecule has 1 N–H and O–H groups in total. The largest absolute Gasteiger partial charge is 0.497 e. The van der Waals surface area contributed by atoms with Crippen molar-refractivity contribution in [3.05, 3.63) is 29.3 Å². The normalized spacial score (nSPS) is 23.3. The van der Waals surface area contributed by atoms with Crippen molar-refractivity contribution in [2.24, 2.45) is 11.3 Å². The number of carboxylic acid groups (broad SMARTS) is 1. The van der Waals surface area contributed by atoms with Gasteiger partial charge in [0.05, 0.1) is 18.6 Å². The molecule has 2 aliphatic heterocycles. The lowest BCUT2D eigenvalue weighted by molar-refractivity contribution is -0.139. The summed E-state index contributed by atoms with van der Waals surface area (Å²) in [6.07, 6.45) is 4.16. The van der Waals surface area contributed by atoms with Crippen LogP contribution < -0.4 is 9.47 Å². The fourth-order valence-electron chi connectivity index (χ4n) is 4.01. The summed E-state index contributed by atoms with van der Waals surface area (Å²) in [5.41, 5.74) is 1.40. The van der Waals surface area contributed by atoms with Gasteiger partial charge in [0.2, 0.25) is 0 Å². The number of nitrogens with zero attached hydrogens (tertiary/aromatic N) is 1. The molecule has 6 nitrogen and oxygen atoms in total. The monoisotopic (exact) mass is 343 g/mol. The molecule has 4 rings (SSSR count). The van der Waals surface area contributed by atoms with Crippen LogP contribution in [0.3, 0.4) is 0 Å². The Kier molecular flexibility index (Phi) is 3.71. The molecular formula is C19H21NO5. The Labute approximate surface area is 146 Å². The van der Waals surface area contributed by atoms with Crippen LogP contribution in [0.5, 0.6) is 11.5 Å². The zero-order valence-electron chi connectivity index (χ0n) is 14.2. The number of rotatable bonds is 3. The molecule has 6 heteroatoms.